The van der Waals surface area contributed by atoms with Crippen molar-refractivity contribution in [1.29, 1.82) is 0 Å². The number of carbonyl (C=O) groups is 3. The van der Waals surface area contributed by atoms with Crippen LogP contribution in [0.15, 0.2) is 30.3 Å². The third-order valence-corrected chi connectivity index (χ3v) is 6.82. The highest BCUT2D eigenvalue weighted by atomic mass is 16.5. The summed E-state index contributed by atoms with van der Waals surface area (Å²) in [5.74, 6) is -0.778. The van der Waals surface area contributed by atoms with Crippen LogP contribution < -0.4 is 10.6 Å². The fourth-order valence-corrected chi connectivity index (χ4v) is 4.84. The summed E-state index contributed by atoms with van der Waals surface area (Å²) in [5, 5.41) is 6.11. The minimum Gasteiger partial charge on any atom is -0.467 e. The number of morpholine rings is 1. The summed E-state index contributed by atoms with van der Waals surface area (Å²) < 4.78 is 10.3. The number of methoxy groups -OCH3 is 1. The summed E-state index contributed by atoms with van der Waals surface area (Å²) in [6.07, 6.45) is 6.59. The molecule has 1 aliphatic heterocycles. The highest BCUT2D eigenvalue weighted by molar-refractivity contribution is 5.89. The Kier molecular flexibility index (Phi) is 10.8. The van der Waals surface area contributed by atoms with Crippen molar-refractivity contribution in [3.05, 3.63) is 35.9 Å². The quantitative estimate of drug-likeness (QED) is 0.479. The molecule has 0 radical (unpaired) electrons. The number of ether oxygens (including phenoxy) is 2. The van der Waals surface area contributed by atoms with E-state index in [9.17, 15) is 14.4 Å². The number of carbonyl (C=O) groups excluding carboxylic acids is 3. The zero-order valence-corrected chi connectivity index (χ0v) is 20.3. The van der Waals surface area contributed by atoms with E-state index < -0.39 is 17.9 Å². The molecule has 8 nitrogen and oxygen atoms in total. The van der Waals surface area contributed by atoms with E-state index in [1.807, 2.05) is 30.3 Å². The minimum atomic E-state index is -0.812. The lowest BCUT2D eigenvalue weighted by Crippen LogP contribution is -2.50. The second kappa shape index (κ2) is 14.1. The molecular weight excluding hydrogens is 434 g/mol. The number of hydrogen-bond acceptors (Lipinski definition) is 6. The van der Waals surface area contributed by atoms with Gasteiger partial charge in [-0.3, -0.25) is 9.59 Å². The Morgan fingerprint density at radius 1 is 1.09 bits per heavy atom. The highest BCUT2D eigenvalue weighted by Crippen LogP contribution is 2.30. The predicted octanol–water partition coefficient (Wildman–Crippen LogP) is 2.27. The zero-order chi connectivity index (χ0) is 24.2. The van der Waals surface area contributed by atoms with Gasteiger partial charge in [-0.2, -0.15) is 0 Å². The molecule has 2 aliphatic rings. The molecule has 1 aromatic rings. The standard InChI is InChI=1S/C26H39N3O5/c1-33-26(32)23(19-27-18-21-10-6-3-7-11-21)28-25(31)22(16-20-8-4-2-5-9-20)17-24(30)29-12-14-34-15-13-29/h3,6-7,10-11,20,22-23,27H,2,4-5,8-9,12-19H2,1H3,(H,28,31)/t22?,23-/m0/s1. The summed E-state index contributed by atoms with van der Waals surface area (Å²) >= 11 is 0. The van der Waals surface area contributed by atoms with Crippen molar-refractivity contribution in [3.63, 3.8) is 0 Å². The average molecular weight is 474 g/mol. The molecule has 1 unspecified atom stereocenters. The lowest BCUT2D eigenvalue weighted by Gasteiger charge is -2.30. The van der Waals surface area contributed by atoms with Crippen LogP contribution >= 0.6 is 0 Å². The van der Waals surface area contributed by atoms with Gasteiger partial charge in [-0.15, -0.1) is 0 Å². The van der Waals surface area contributed by atoms with Crippen molar-refractivity contribution in [2.24, 2.45) is 11.8 Å². The van der Waals surface area contributed by atoms with Gasteiger partial charge in [0.25, 0.3) is 0 Å². The third kappa shape index (κ3) is 8.40. The number of nitrogens with zero attached hydrogens (tertiary/aromatic N) is 1. The monoisotopic (exact) mass is 473 g/mol. The largest absolute Gasteiger partial charge is 0.467 e. The fourth-order valence-electron chi connectivity index (χ4n) is 4.84. The molecule has 1 aromatic carbocycles. The van der Waals surface area contributed by atoms with E-state index in [1.54, 1.807) is 4.90 Å². The Morgan fingerprint density at radius 2 is 1.79 bits per heavy atom. The van der Waals surface area contributed by atoms with Crippen LogP contribution in [0.3, 0.4) is 0 Å². The SMILES string of the molecule is COC(=O)[C@H](CNCc1ccccc1)NC(=O)C(CC(=O)N1CCOCC1)CC1CCCCC1. The van der Waals surface area contributed by atoms with Crippen molar-refractivity contribution in [3.8, 4) is 0 Å². The third-order valence-electron chi connectivity index (χ3n) is 6.82. The minimum absolute atomic E-state index is 0.0175. The van der Waals surface area contributed by atoms with Gasteiger partial charge in [0.1, 0.15) is 6.04 Å². The molecule has 1 saturated carbocycles. The maximum Gasteiger partial charge on any atom is 0.329 e. The van der Waals surface area contributed by atoms with Gasteiger partial charge in [-0.1, -0.05) is 62.4 Å². The van der Waals surface area contributed by atoms with Crippen LogP contribution in [0, 0.1) is 11.8 Å². The van der Waals surface area contributed by atoms with Crippen molar-refractivity contribution < 1.29 is 23.9 Å². The molecule has 0 aromatic heterocycles. The Bertz CT molecular complexity index is 776. The van der Waals surface area contributed by atoms with Gasteiger partial charge in [0.05, 0.1) is 20.3 Å². The molecule has 2 amide bonds. The van der Waals surface area contributed by atoms with E-state index >= 15 is 0 Å². The molecule has 34 heavy (non-hydrogen) atoms. The lowest BCUT2D eigenvalue weighted by molar-refractivity contribution is -0.146. The van der Waals surface area contributed by atoms with E-state index in [0.717, 1.165) is 18.4 Å². The van der Waals surface area contributed by atoms with Crippen molar-refractivity contribution >= 4 is 17.8 Å². The maximum absolute atomic E-state index is 13.4. The molecule has 2 fully saturated rings. The van der Waals surface area contributed by atoms with Crippen LogP contribution in [0.2, 0.25) is 0 Å². The summed E-state index contributed by atoms with van der Waals surface area (Å²) in [6.45, 7) is 3.01. The van der Waals surface area contributed by atoms with Gasteiger partial charge in [0.15, 0.2) is 0 Å². The fraction of sp³-hybridized carbons (Fsp3) is 0.654. The number of amides is 2. The molecule has 2 atom stereocenters. The first-order valence-electron chi connectivity index (χ1n) is 12.5. The van der Waals surface area contributed by atoms with Crippen molar-refractivity contribution in [2.45, 2.75) is 57.5 Å². The van der Waals surface area contributed by atoms with Gasteiger partial charge in [-0.25, -0.2) is 4.79 Å². The molecule has 188 valence electrons. The normalized spacial score (nSPS) is 18.7. The summed E-state index contributed by atoms with van der Waals surface area (Å²) in [7, 11) is 1.32. The molecule has 2 N–H and O–H groups in total. The Morgan fingerprint density at radius 3 is 2.47 bits per heavy atom. The molecule has 0 bridgehead atoms. The second-order valence-corrected chi connectivity index (χ2v) is 9.33. The molecule has 1 saturated heterocycles. The van der Waals surface area contributed by atoms with E-state index in [0.29, 0.717) is 45.2 Å². The van der Waals surface area contributed by atoms with Crippen LogP contribution in [0.4, 0.5) is 0 Å². The predicted molar refractivity (Wildman–Crippen MR) is 129 cm³/mol. The van der Waals surface area contributed by atoms with Crippen molar-refractivity contribution in [2.75, 3.05) is 40.0 Å². The maximum atomic E-state index is 13.4. The van der Waals surface area contributed by atoms with Crippen molar-refractivity contribution in [1.82, 2.24) is 15.5 Å². The topological polar surface area (TPSA) is 97.0 Å². The lowest BCUT2D eigenvalue weighted by atomic mass is 9.81. The summed E-state index contributed by atoms with van der Waals surface area (Å²) in [5.41, 5.74) is 1.09. The van der Waals surface area contributed by atoms with Crippen LogP contribution in [0.25, 0.3) is 0 Å². The van der Waals surface area contributed by atoms with E-state index in [1.165, 1.54) is 26.4 Å². The second-order valence-electron chi connectivity index (χ2n) is 9.33. The Labute approximate surface area is 202 Å². The smallest absolute Gasteiger partial charge is 0.329 e. The molecule has 1 heterocycles. The first-order valence-corrected chi connectivity index (χ1v) is 12.5. The van der Waals surface area contributed by atoms with Gasteiger partial charge >= 0.3 is 5.97 Å². The van der Waals surface area contributed by atoms with Crippen LogP contribution in [0.5, 0.6) is 0 Å². The number of esters is 1. The number of benzene rings is 1. The Balaban J connectivity index is 1.61. The van der Waals surface area contributed by atoms with E-state index in [4.69, 9.17) is 9.47 Å². The average Bonchev–Trinajstić information content (AvgIpc) is 2.88. The number of nitrogens with one attached hydrogen (secondary N) is 2. The van der Waals surface area contributed by atoms with Gasteiger partial charge < -0.3 is 25.0 Å². The van der Waals surface area contributed by atoms with Gasteiger partial charge in [-0.05, 0) is 17.9 Å². The molecule has 1 aliphatic carbocycles. The molecular formula is C26H39N3O5. The van der Waals surface area contributed by atoms with Crippen LogP contribution in [-0.4, -0.2) is 68.7 Å². The molecule has 8 heteroatoms. The van der Waals surface area contributed by atoms with E-state index in [2.05, 4.69) is 10.6 Å². The zero-order valence-electron chi connectivity index (χ0n) is 20.3. The summed E-state index contributed by atoms with van der Waals surface area (Å²) in [4.78, 5) is 40.5. The number of hydrogen-bond donors (Lipinski definition) is 2. The molecule has 3 rings (SSSR count). The first-order chi connectivity index (χ1) is 16.6. The van der Waals surface area contributed by atoms with Gasteiger partial charge in [0, 0.05) is 38.5 Å². The molecule has 0 spiro atoms. The summed E-state index contributed by atoms with van der Waals surface area (Å²) in [6, 6.07) is 9.04. The van der Waals surface area contributed by atoms with Crippen LogP contribution in [-0.2, 0) is 30.4 Å². The van der Waals surface area contributed by atoms with Gasteiger partial charge in [0.2, 0.25) is 11.8 Å². The van der Waals surface area contributed by atoms with E-state index in [-0.39, 0.29) is 24.8 Å². The number of rotatable bonds is 11. The highest BCUT2D eigenvalue weighted by Gasteiger charge is 2.31. The van der Waals surface area contributed by atoms with Crippen LogP contribution in [0.1, 0.15) is 50.5 Å². The Hall–Kier alpha value is -2.45. The first kappa shape index (κ1) is 26.2.